The minimum atomic E-state index is -0.198. The fraction of sp³-hybridized carbons (Fsp3) is 0.0435. The van der Waals surface area contributed by atoms with Crippen molar-refractivity contribution >= 4 is 46.2 Å². The van der Waals surface area contributed by atoms with Crippen molar-refractivity contribution in [3.8, 4) is 11.5 Å². The second-order valence-corrected chi connectivity index (χ2v) is 7.89. The molecule has 7 heteroatoms. The average Bonchev–Trinajstić information content (AvgIpc) is 3.09. The van der Waals surface area contributed by atoms with Crippen LogP contribution in [0.4, 0.5) is 5.69 Å². The Bertz CT molecular complexity index is 1130. The molecule has 0 atom stereocenters. The number of aromatic hydroxyl groups is 1. The normalized spacial score (nSPS) is 16.1. The van der Waals surface area contributed by atoms with Gasteiger partial charge in [-0.25, -0.2) is 4.99 Å². The maximum atomic E-state index is 12.2. The van der Waals surface area contributed by atoms with Gasteiger partial charge in [0.2, 0.25) is 0 Å². The van der Waals surface area contributed by atoms with Crippen LogP contribution in [0.1, 0.15) is 11.1 Å². The number of thioether (sulfide) groups is 1. The maximum absolute atomic E-state index is 12.2. The summed E-state index contributed by atoms with van der Waals surface area (Å²) in [5.41, 5.74) is 2.45. The number of hydrogen-bond donors (Lipinski definition) is 2. The summed E-state index contributed by atoms with van der Waals surface area (Å²) in [5.74, 6) is 0.689. The summed E-state index contributed by atoms with van der Waals surface area (Å²) >= 11 is 7.41. The van der Waals surface area contributed by atoms with E-state index >= 15 is 0 Å². The largest absolute Gasteiger partial charge is 0.508 e. The van der Waals surface area contributed by atoms with Crippen molar-refractivity contribution in [1.29, 1.82) is 0 Å². The summed E-state index contributed by atoms with van der Waals surface area (Å²) in [7, 11) is 0. The van der Waals surface area contributed by atoms with Gasteiger partial charge in [-0.15, -0.1) is 0 Å². The van der Waals surface area contributed by atoms with Gasteiger partial charge >= 0.3 is 0 Å². The highest BCUT2D eigenvalue weighted by Gasteiger charge is 2.23. The summed E-state index contributed by atoms with van der Waals surface area (Å²) < 4.78 is 5.78. The van der Waals surface area contributed by atoms with Crippen LogP contribution >= 0.6 is 23.4 Å². The van der Waals surface area contributed by atoms with E-state index in [1.807, 2.05) is 48.5 Å². The molecular formula is C23H17ClN2O3S. The predicted molar refractivity (Wildman–Crippen MR) is 121 cm³/mol. The fourth-order valence-corrected chi connectivity index (χ4v) is 3.75. The number of nitrogens with zero attached hydrogens (tertiary/aromatic N) is 1. The van der Waals surface area contributed by atoms with Gasteiger partial charge in [0.15, 0.2) is 5.17 Å². The van der Waals surface area contributed by atoms with Crippen LogP contribution < -0.4 is 10.1 Å². The number of benzene rings is 3. The third kappa shape index (κ3) is 5.03. The number of halogens is 1. The number of rotatable bonds is 5. The molecule has 1 saturated heterocycles. The molecular weight excluding hydrogens is 420 g/mol. The third-order valence-corrected chi connectivity index (χ3v) is 5.54. The highest BCUT2D eigenvalue weighted by molar-refractivity contribution is 8.18. The molecule has 0 aromatic heterocycles. The molecule has 150 valence electrons. The number of amidine groups is 1. The maximum Gasteiger partial charge on any atom is 0.264 e. The highest BCUT2D eigenvalue weighted by atomic mass is 35.5. The van der Waals surface area contributed by atoms with Crippen molar-refractivity contribution < 1.29 is 14.6 Å². The predicted octanol–water partition coefficient (Wildman–Crippen LogP) is 5.52. The molecule has 1 aliphatic rings. The van der Waals surface area contributed by atoms with E-state index in [1.165, 1.54) is 11.8 Å². The van der Waals surface area contributed by atoms with Gasteiger partial charge in [-0.3, -0.25) is 4.79 Å². The number of phenols is 1. The van der Waals surface area contributed by atoms with Crippen molar-refractivity contribution in [3.05, 3.63) is 93.9 Å². The number of aliphatic imine (C=N–C) groups is 1. The van der Waals surface area contributed by atoms with Crippen LogP contribution in [0.15, 0.2) is 82.7 Å². The first kappa shape index (κ1) is 20.1. The van der Waals surface area contributed by atoms with Crippen molar-refractivity contribution in [3.63, 3.8) is 0 Å². The Morgan fingerprint density at radius 1 is 1.03 bits per heavy atom. The summed E-state index contributed by atoms with van der Waals surface area (Å²) in [6, 6.07) is 21.5. The number of hydrogen-bond acceptors (Lipinski definition) is 5. The van der Waals surface area contributed by atoms with Crippen LogP contribution in [-0.4, -0.2) is 16.2 Å². The molecule has 3 aromatic rings. The second kappa shape index (κ2) is 9.07. The Morgan fingerprint density at radius 2 is 1.77 bits per heavy atom. The van der Waals surface area contributed by atoms with Crippen molar-refractivity contribution in [2.45, 2.75) is 6.61 Å². The monoisotopic (exact) mass is 436 g/mol. The molecule has 30 heavy (non-hydrogen) atoms. The van der Waals surface area contributed by atoms with Crippen LogP contribution in [0.25, 0.3) is 6.08 Å². The van der Waals surface area contributed by atoms with Crippen LogP contribution in [-0.2, 0) is 11.4 Å². The molecule has 0 unspecified atom stereocenters. The molecule has 0 saturated carbocycles. The molecule has 1 fully saturated rings. The third-order valence-electron chi connectivity index (χ3n) is 4.26. The first-order chi connectivity index (χ1) is 14.6. The molecule has 4 rings (SSSR count). The zero-order valence-electron chi connectivity index (χ0n) is 15.7. The summed E-state index contributed by atoms with van der Waals surface area (Å²) in [5, 5.41) is 13.3. The molecule has 1 heterocycles. The number of amides is 1. The van der Waals surface area contributed by atoms with E-state index in [1.54, 1.807) is 30.3 Å². The number of ether oxygens (including phenoxy) is 1. The van der Waals surface area contributed by atoms with Crippen LogP contribution in [0.5, 0.6) is 11.5 Å². The van der Waals surface area contributed by atoms with Gasteiger partial charge in [-0.2, -0.15) is 0 Å². The first-order valence-corrected chi connectivity index (χ1v) is 10.3. The molecule has 0 bridgehead atoms. The van der Waals surface area contributed by atoms with Crippen molar-refractivity contribution in [1.82, 2.24) is 5.32 Å². The van der Waals surface area contributed by atoms with Crippen LogP contribution in [0, 0.1) is 0 Å². The van der Waals surface area contributed by atoms with Crippen LogP contribution in [0.3, 0.4) is 0 Å². The lowest BCUT2D eigenvalue weighted by molar-refractivity contribution is -0.115. The zero-order chi connectivity index (χ0) is 20.9. The Kier molecular flexibility index (Phi) is 6.07. The SMILES string of the molecule is O=C1NC(=Nc2ccc(O)cc2)SC1=Cc1ccc(OCc2ccccc2Cl)cc1. The lowest BCUT2D eigenvalue weighted by atomic mass is 10.2. The van der Waals surface area contributed by atoms with E-state index in [0.29, 0.717) is 27.4 Å². The minimum Gasteiger partial charge on any atom is -0.508 e. The smallest absolute Gasteiger partial charge is 0.264 e. The van der Waals surface area contributed by atoms with Gasteiger partial charge in [0.05, 0.1) is 10.6 Å². The van der Waals surface area contributed by atoms with E-state index in [0.717, 1.165) is 16.9 Å². The van der Waals surface area contributed by atoms with E-state index in [4.69, 9.17) is 16.3 Å². The van der Waals surface area contributed by atoms with E-state index in [2.05, 4.69) is 10.3 Å². The van der Waals surface area contributed by atoms with E-state index in [9.17, 15) is 9.90 Å². The molecule has 0 radical (unpaired) electrons. The number of carbonyl (C=O) groups excluding carboxylic acids is 1. The van der Waals surface area contributed by atoms with Gasteiger partial charge < -0.3 is 15.2 Å². The Labute approximate surface area is 183 Å². The topological polar surface area (TPSA) is 70.9 Å². The molecule has 3 aromatic carbocycles. The van der Waals surface area contributed by atoms with Crippen molar-refractivity contribution in [2.24, 2.45) is 4.99 Å². The highest BCUT2D eigenvalue weighted by Crippen LogP contribution is 2.29. The van der Waals surface area contributed by atoms with E-state index in [-0.39, 0.29) is 11.7 Å². The standard InChI is InChI=1S/C23H17ClN2O3S/c24-20-4-2-1-3-16(20)14-29-19-11-5-15(6-12-19)13-21-22(28)26-23(30-21)25-17-7-9-18(27)10-8-17/h1-13,27H,14H2,(H,25,26,28). The van der Waals surface area contributed by atoms with Gasteiger partial charge in [-0.1, -0.05) is 41.9 Å². The number of nitrogens with one attached hydrogen (secondary N) is 1. The van der Waals surface area contributed by atoms with Crippen molar-refractivity contribution in [2.75, 3.05) is 0 Å². The van der Waals surface area contributed by atoms with Crippen LogP contribution in [0.2, 0.25) is 5.02 Å². The second-order valence-electron chi connectivity index (χ2n) is 6.45. The molecule has 0 spiro atoms. The van der Waals surface area contributed by atoms with Gasteiger partial charge in [0.1, 0.15) is 18.1 Å². The molecule has 2 N–H and O–H groups in total. The Balaban J connectivity index is 1.41. The lowest BCUT2D eigenvalue weighted by Gasteiger charge is -2.08. The average molecular weight is 437 g/mol. The number of phenolic OH excluding ortho intramolecular Hbond substituents is 1. The number of carbonyl (C=O) groups is 1. The lowest BCUT2D eigenvalue weighted by Crippen LogP contribution is -2.19. The molecule has 5 nitrogen and oxygen atoms in total. The van der Waals surface area contributed by atoms with Gasteiger partial charge in [0, 0.05) is 10.6 Å². The summed E-state index contributed by atoms with van der Waals surface area (Å²) in [6.07, 6.45) is 1.80. The zero-order valence-corrected chi connectivity index (χ0v) is 17.3. The first-order valence-electron chi connectivity index (χ1n) is 9.12. The van der Waals surface area contributed by atoms with Gasteiger partial charge in [-0.05, 0) is 65.9 Å². The Hall–Kier alpha value is -3.22. The minimum absolute atomic E-state index is 0.168. The summed E-state index contributed by atoms with van der Waals surface area (Å²) in [6.45, 7) is 0.384. The molecule has 1 amide bonds. The van der Waals surface area contributed by atoms with E-state index < -0.39 is 0 Å². The van der Waals surface area contributed by atoms with Gasteiger partial charge in [0.25, 0.3) is 5.91 Å². The Morgan fingerprint density at radius 3 is 2.50 bits per heavy atom. The summed E-state index contributed by atoms with van der Waals surface area (Å²) in [4.78, 5) is 17.2. The quantitative estimate of drug-likeness (QED) is 0.517. The molecule has 1 aliphatic heterocycles. The molecule has 0 aliphatic carbocycles. The fourth-order valence-electron chi connectivity index (χ4n) is 2.71.